The number of hydrogen-bond donors (Lipinski definition) is 1. The number of rotatable bonds is 6. The van der Waals surface area contributed by atoms with Gasteiger partial charge in [0.1, 0.15) is 5.82 Å². The third kappa shape index (κ3) is 3.28. The lowest BCUT2D eigenvalue weighted by atomic mass is 10.3. The molecule has 2 rings (SSSR count). The van der Waals surface area contributed by atoms with Crippen molar-refractivity contribution in [3.8, 4) is 0 Å². The van der Waals surface area contributed by atoms with Gasteiger partial charge in [0.05, 0.1) is 22.1 Å². The van der Waals surface area contributed by atoms with Crippen LogP contribution in [0, 0.1) is 5.82 Å². The van der Waals surface area contributed by atoms with Crippen molar-refractivity contribution in [2.45, 2.75) is 6.54 Å². The number of halogens is 2. The largest absolute Gasteiger partial charge is 0.383 e. The first kappa shape index (κ1) is 15.2. The van der Waals surface area contributed by atoms with E-state index < -0.39 is 0 Å². The Kier molecular flexibility index (Phi) is 4.95. The third-order valence-corrected chi connectivity index (χ3v) is 3.81. The topological polar surface area (TPSA) is 56.3 Å². The van der Waals surface area contributed by atoms with E-state index in [1.807, 2.05) is 11.6 Å². The SMILES string of the molecule is COCCN(C)CCn1c(N)nc2cc(F)c(Br)cc21. The molecule has 5 nitrogen and oxygen atoms in total. The number of benzene rings is 1. The summed E-state index contributed by atoms with van der Waals surface area (Å²) in [5, 5.41) is 0. The van der Waals surface area contributed by atoms with Crippen molar-refractivity contribution in [2.24, 2.45) is 0 Å². The van der Waals surface area contributed by atoms with Crippen LogP contribution in [0.2, 0.25) is 0 Å². The summed E-state index contributed by atoms with van der Waals surface area (Å²) in [4.78, 5) is 6.34. The summed E-state index contributed by atoms with van der Waals surface area (Å²) in [5.74, 6) is 0.0667. The summed E-state index contributed by atoms with van der Waals surface area (Å²) in [6, 6.07) is 3.10. The molecule has 0 aliphatic heterocycles. The number of anilines is 1. The lowest BCUT2D eigenvalue weighted by Gasteiger charge is -2.17. The van der Waals surface area contributed by atoms with Gasteiger partial charge in [0.15, 0.2) is 0 Å². The Labute approximate surface area is 125 Å². The average molecular weight is 345 g/mol. The number of fused-ring (bicyclic) bond motifs is 1. The van der Waals surface area contributed by atoms with Gasteiger partial charge in [-0.3, -0.25) is 0 Å². The molecule has 0 fully saturated rings. The number of ether oxygens (including phenoxy) is 1. The number of nitrogens with zero attached hydrogens (tertiary/aromatic N) is 3. The molecule has 2 N–H and O–H groups in total. The number of likely N-dealkylation sites (N-methyl/N-ethyl adjacent to an activating group) is 1. The van der Waals surface area contributed by atoms with E-state index in [0.29, 0.717) is 29.1 Å². The summed E-state index contributed by atoms with van der Waals surface area (Å²) in [6.45, 7) is 3.05. The van der Waals surface area contributed by atoms with E-state index >= 15 is 0 Å². The second kappa shape index (κ2) is 6.51. The maximum Gasteiger partial charge on any atom is 0.201 e. The van der Waals surface area contributed by atoms with Crippen molar-refractivity contribution in [2.75, 3.05) is 39.6 Å². The fourth-order valence-corrected chi connectivity index (χ4v) is 2.33. The van der Waals surface area contributed by atoms with Crippen LogP contribution in [0.3, 0.4) is 0 Å². The molecule has 1 aromatic heterocycles. The van der Waals surface area contributed by atoms with Crippen molar-refractivity contribution in [1.29, 1.82) is 0 Å². The highest BCUT2D eigenvalue weighted by atomic mass is 79.9. The van der Waals surface area contributed by atoms with Crippen LogP contribution >= 0.6 is 15.9 Å². The fourth-order valence-electron chi connectivity index (χ4n) is 2.00. The van der Waals surface area contributed by atoms with Gasteiger partial charge in [0, 0.05) is 32.8 Å². The molecule has 0 saturated carbocycles. The van der Waals surface area contributed by atoms with Crippen LogP contribution in [-0.2, 0) is 11.3 Å². The van der Waals surface area contributed by atoms with Crippen molar-refractivity contribution >= 4 is 32.9 Å². The number of nitrogens with two attached hydrogens (primary N) is 1. The highest BCUT2D eigenvalue weighted by molar-refractivity contribution is 9.10. The molecule has 0 bridgehead atoms. The normalized spacial score (nSPS) is 11.7. The van der Waals surface area contributed by atoms with Gasteiger partial charge < -0.3 is 19.9 Å². The van der Waals surface area contributed by atoms with Crippen LogP contribution in [0.25, 0.3) is 11.0 Å². The van der Waals surface area contributed by atoms with Crippen molar-refractivity contribution < 1.29 is 9.13 Å². The minimum atomic E-state index is -0.334. The number of imidazole rings is 1. The quantitative estimate of drug-likeness (QED) is 0.871. The van der Waals surface area contributed by atoms with Crippen LogP contribution in [0.4, 0.5) is 10.3 Å². The van der Waals surface area contributed by atoms with Gasteiger partial charge in [-0.25, -0.2) is 9.37 Å². The minimum Gasteiger partial charge on any atom is -0.383 e. The maximum atomic E-state index is 13.5. The van der Waals surface area contributed by atoms with Crippen molar-refractivity contribution in [3.05, 3.63) is 22.4 Å². The predicted molar refractivity (Wildman–Crippen MR) is 81.2 cm³/mol. The van der Waals surface area contributed by atoms with Gasteiger partial charge in [-0.05, 0) is 29.0 Å². The third-order valence-electron chi connectivity index (χ3n) is 3.20. The summed E-state index contributed by atoms with van der Waals surface area (Å²) in [5.41, 5.74) is 7.31. The lowest BCUT2D eigenvalue weighted by molar-refractivity contribution is 0.159. The first-order chi connectivity index (χ1) is 9.52. The van der Waals surface area contributed by atoms with Crippen LogP contribution in [0.1, 0.15) is 0 Å². The van der Waals surface area contributed by atoms with E-state index in [0.717, 1.165) is 18.6 Å². The van der Waals surface area contributed by atoms with Crippen molar-refractivity contribution in [3.63, 3.8) is 0 Å². The van der Waals surface area contributed by atoms with E-state index in [-0.39, 0.29) is 5.82 Å². The molecule has 7 heteroatoms. The van der Waals surface area contributed by atoms with Crippen LogP contribution in [0.15, 0.2) is 16.6 Å². The number of nitrogen functional groups attached to an aromatic ring is 1. The second-order valence-corrected chi connectivity index (χ2v) is 5.53. The van der Waals surface area contributed by atoms with Gasteiger partial charge in [0.2, 0.25) is 5.95 Å². The fraction of sp³-hybridized carbons (Fsp3) is 0.462. The van der Waals surface area contributed by atoms with E-state index in [2.05, 4.69) is 25.8 Å². The molecule has 0 saturated heterocycles. The van der Waals surface area contributed by atoms with Gasteiger partial charge >= 0.3 is 0 Å². The summed E-state index contributed by atoms with van der Waals surface area (Å²) >= 11 is 3.19. The second-order valence-electron chi connectivity index (χ2n) is 4.67. The zero-order chi connectivity index (χ0) is 14.7. The molecule has 0 atom stereocenters. The molecule has 1 aromatic carbocycles. The van der Waals surface area contributed by atoms with Gasteiger partial charge in [-0.1, -0.05) is 0 Å². The van der Waals surface area contributed by atoms with Gasteiger partial charge in [-0.15, -0.1) is 0 Å². The summed E-state index contributed by atoms with van der Waals surface area (Å²) in [7, 11) is 3.70. The maximum absolute atomic E-state index is 13.5. The summed E-state index contributed by atoms with van der Waals surface area (Å²) in [6.07, 6.45) is 0. The lowest BCUT2D eigenvalue weighted by Crippen LogP contribution is -2.27. The smallest absolute Gasteiger partial charge is 0.201 e. The highest BCUT2D eigenvalue weighted by Gasteiger charge is 2.12. The molecule has 0 amide bonds. The Bertz CT molecular complexity index is 602. The standard InChI is InChI=1S/C13H18BrFN4O/c1-18(5-6-20-2)3-4-19-12-7-9(14)10(15)8-11(12)17-13(19)16/h7-8H,3-6H2,1-2H3,(H2,16,17). The molecule has 2 aromatic rings. The average Bonchev–Trinajstić information content (AvgIpc) is 2.70. The molecule has 0 aliphatic carbocycles. The molecule has 20 heavy (non-hydrogen) atoms. The minimum absolute atomic E-state index is 0.334. The Balaban J connectivity index is 2.17. The molecule has 0 spiro atoms. The van der Waals surface area contributed by atoms with Gasteiger partial charge in [-0.2, -0.15) is 0 Å². The monoisotopic (exact) mass is 344 g/mol. The molecule has 1 heterocycles. The Morgan fingerprint density at radius 1 is 1.45 bits per heavy atom. The summed E-state index contributed by atoms with van der Waals surface area (Å²) < 4.78 is 20.8. The van der Waals surface area contributed by atoms with Gasteiger partial charge in [0.25, 0.3) is 0 Å². The predicted octanol–water partition coefficient (Wildman–Crippen LogP) is 2.10. The Morgan fingerprint density at radius 2 is 2.20 bits per heavy atom. The molecule has 110 valence electrons. The van der Waals surface area contributed by atoms with E-state index in [1.165, 1.54) is 6.07 Å². The molecular formula is C13H18BrFN4O. The molecule has 0 radical (unpaired) electrons. The van der Waals surface area contributed by atoms with Crippen LogP contribution in [-0.4, -0.2) is 48.3 Å². The van der Waals surface area contributed by atoms with Crippen molar-refractivity contribution in [1.82, 2.24) is 14.5 Å². The van der Waals surface area contributed by atoms with E-state index in [9.17, 15) is 4.39 Å². The first-order valence-corrected chi connectivity index (χ1v) is 7.10. The zero-order valence-corrected chi connectivity index (χ0v) is 13.2. The zero-order valence-electron chi connectivity index (χ0n) is 11.6. The van der Waals surface area contributed by atoms with Crippen LogP contribution in [0.5, 0.6) is 0 Å². The Morgan fingerprint density at radius 3 is 2.90 bits per heavy atom. The van der Waals surface area contributed by atoms with Crippen LogP contribution < -0.4 is 5.73 Å². The number of hydrogen-bond acceptors (Lipinski definition) is 4. The molecule has 0 unspecified atom stereocenters. The van der Waals surface area contributed by atoms with E-state index in [4.69, 9.17) is 10.5 Å². The highest BCUT2D eigenvalue weighted by Crippen LogP contribution is 2.25. The first-order valence-electron chi connectivity index (χ1n) is 6.31. The molecular weight excluding hydrogens is 327 g/mol. The number of aromatic nitrogens is 2. The van der Waals surface area contributed by atoms with E-state index in [1.54, 1.807) is 13.2 Å². The Hall–Kier alpha value is -1.18. The molecule has 0 aliphatic rings. The number of methoxy groups -OCH3 is 1.